The Kier molecular flexibility index (Phi) is 6.49. The fourth-order valence-corrected chi connectivity index (χ4v) is 4.49. The molecule has 172 valence electrons. The molecule has 0 unspecified atom stereocenters. The zero-order chi connectivity index (χ0) is 23.3. The summed E-state index contributed by atoms with van der Waals surface area (Å²) in [6, 6.07) is 25.4. The van der Waals surface area contributed by atoms with Crippen LogP contribution in [-0.2, 0) is 11.4 Å². The lowest BCUT2D eigenvalue weighted by atomic mass is 10.0. The van der Waals surface area contributed by atoms with Crippen molar-refractivity contribution in [1.29, 1.82) is 0 Å². The summed E-state index contributed by atoms with van der Waals surface area (Å²) in [5, 5.41) is 8.79. The standard InChI is InChI=1S/C28H27FN4O/c1-34-31-24-15-17-32(18-16-24)20-23-19-30-33(28(23)26-9-5-6-10-27(26)29)25-13-11-22(12-14-25)21-7-3-2-4-8-21/h2-14,19H,15-18,20H2,1H3. The summed E-state index contributed by atoms with van der Waals surface area (Å²) in [5.41, 5.74) is 6.63. The molecular weight excluding hydrogens is 427 g/mol. The molecule has 0 amide bonds. The average Bonchev–Trinajstić information content (AvgIpc) is 3.29. The third-order valence-electron chi connectivity index (χ3n) is 6.24. The molecule has 0 spiro atoms. The second-order valence-corrected chi connectivity index (χ2v) is 8.44. The van der Waals surface area contributed by atoms with Crippen molar-refractivity contribution in [1.82, 2.24) is 14.7 Å². The number of aromatic nitrogens is 2. The summed E-state index contributed by atoms with van der Waals surface area (Å²) in [6.45, 7) is 2.47. The molecule has 1 fully saturated rings. The van der Waals surface area contributed by atoms with Gasteiger partial charge in [0.25, 0.3) is 0 Å². The Balaban J connectivity index is 1.48. The summed E-state index contributed by atoms with van der Waals surface area (Å²) in [5.74, 6) is -0.250. The number of piperidine rings is 1. The second-order valence-electron chi connectivity index (χ2n) is 8.44. The van der Waals surface area contributed by atoms with Gasteiger partial charge in [-0.15, -0.1) is 0 Å². The van der Waals surface area contributed by atoms with Gasteiger partial charge in [-0.25, -0.2) is 9.07 Å². The number of halogens is 1. The van der Waals surface area contributed by atoms with Gasteiger partial charge in [0, 0.05) is 43.6 Å². The number of benzene rings is 3. The molecule has 1 aliphatic rings. The van der Waals surface area contributed by atoms with Crippen molar-refractivity contribution in [2.75, 3.05) is 20.2 Å². The molecule has 6 heteroatoms. The van der Waals surface area contributed by atoms with Crippen molar-refractivity contribution < 1.29 is 9.23 Å². The van der Waals surface area contributed by atoms with E-state index in [0.717, 1.165) is 59.7 Å². The van der Waals surface area contributed by atoms with Crippen LogP contribution in [0.2, 0.25) is 0 Å². The zero-order valence-electron chi connectivity index (χ0n) is 19.2. The smallest absolute Gasteiger partial charge is 0.132 e. The van der Waals surface area contributed by atoms with Gasteiger partial charge in [0.2, 0.25) is 0 Å². The maximum atomic E-state index is 14.9. The van der Waals surface area contributed by atoms with Crippen LogP contribution in [0.3, 0.4) is 0 Å². The third kappa shape index (κ3) is 4.63. The average molecular weight is 455 g/mol. The highest BCUT2D eigenvalue weighted by Gasteiger charge is 2.22. The third-order valence-corrected chi connectivity index (χ3v) is 6.24. The molecule has 0 saturated carbocycles. The molecule has 5 nitrogen and oxygen atoms in total. The van der Waals surface area contributed by atoms with Crippen molar-refractivity contribution in [3.05, 3.63) is 96.4 Å². The van der Waals surface area contributed by atoms with Crippen LogP contribution < -0.4 is 0 Å². The molecule has 2 heterocycles. The molecule has 0 bridgehead atoms. The Morgan fingerprint density at radius 2 is 1.56 bits per heavy atom. The number of oxime groups is 1. The first-order valence-corrected chi connectivity index (χ1v) is 11.5. The van der Waals surface area contributed by atoms with Crippen LogP contribution in [0.15, 0.2) is 90.2 Å². The van der Waals surface area contributed by atoms with Gasteiger partial charge < -0.3 is 4.84 Å². The number of likely N-dealkylation sites (tertiary alicyclic amines) is 1. The fraction of sp³-hybridized carbons (Fsp3) is 0.214. The lowest BCUT2D eigenvalue weighted by Crippen LogP contribution is -2.33. The molecule has 0 N–H and O–H groups in total. The van der Waals surface area contributed by atoms with Gasteiger partial charge in [-0.3, -0.25) is 4.90 Å². The molecule has 1 aliphatic heterocycles. The molecule has 5 rings (SSSR count). The van der Waals surface area contributed by atoms with E-state index in [2.05, 4.69) is 34.3 Å². The summed E-state index contributed by atoms with van der Waals surface area (Å²) < 4.78 is 16.8. The van der Waals surface area contributed by atoms with E-state index >= 15 is 0 Å². The van der Waals surface area contributed by atoms with E-state index in [1.165, 1.54) is 6.07 Å². The maximum Gasteiger partial charge on any atom is 0.132 e. The molecule has 0 aliphatic carbocycles. The minimum atomic E-state index is -0.250. The van der Waals surface area contributed by atoms with E-state index < -0.39 is 0 Å². The first kappa shape index (κ1) is 22.0. The first-order chi connectivity index (χ1) is 16.7. The lowest BCUT2D eigenvalue weighted by molar-refractivity contribution is 0.204. The van der Waals surface area contributed by atoms with E-state index in [4.69, 9.17) is 9.94 Å². The highest BCUT2D eigenvalue weighted by atomic mass is 19.1. The van der Waals surface area contributed by atoms with E-state index in [1.54, 1.807) is 13.2 Å². The molecule has 3 aromatic carbocycles. The van der Waals surface area contributed by atoms with Crippen LogP contribution >= 0.6 is 0 Å². The predicted octanol–water partition coefficient (Wildman–Crippen LogP) is 5.94. The molecular formula is C28H27FN4O. The van der Waals surface area contributed by atoms with E-state index in [9.17, 15) is 4.39 Å². The fourth-order valence-electron chi connectivity index (χ4n) is 4.49. The molecule has 0 radical (unpaired) electrons. The summed E-state index contributed by atoms with van der Waals surface area (Å²) in [7, 11) is 1.58. The Morgan fingerprint density at radius 1 is 0.882 bits per heavy atom. The van der Waals surface area contributed by atoms with Crippen LogP contribution in [0, 0.1) is 5.82 Å². The van der Waals surface area contributed by atoms with Gasteiger partial charge in [0.05, 0.1) is 23.3 Å². The highest BCUT2D eigenvalue weighted by molar-refractivity contribution is 5.85. The number of rotatable bonds is 6. The summed E-state index contributed by atoms with van der Waals surface area (Å²) in [4.78, 5) is 7.29. The van der Waals surface area contributed by atoms with Crippen molar-refractivity contribution in [3.63, 3.8) is 0 Å². The van der Waals surface area contributed by atoms with Crippen molar-refractivity contribution in [3.8, 4) is 28.1 Å². The van der Waals surface area contributed by atoms with Gasteiger partial charge in [-0.1, -0.05) is 59.8 Å². The lowest BCUT2D eigenvalue weighted by Gasteiger charge is -2.27. The molecule has 0 atom stereocenters. The van der Waals surface area contributed by atoms with Gasteiger partial charge in [0.15, 0.2) is 0 Å². The van der Waals surface area contributed by atoms with Crippen molar-refractivity contribution >= 4 is 5.71 Å². The zero-order valence-corrected chi connectivity index (χ0v) is 19.2. The quantitative estimate of drug-likeness (QED) is 0.339. The van der Waals surface area contributed by atoms with Crippen molar-refractivity contribution in [2.45, 2.75) is 19.4 Å². The minimum Gasteiger partial charge on any atom is -0.399 e. The van der Waals surface area contributed by atoms with Gasteiger partial charge >= 0.3 is 0 Å². The van der Waals surface area contributed by atoms with Crippen LogP contribution in [0.1, 0.15) is 18.4 Å². The predicted molar refractivity (Wildman–Crippen MR) is 133 cm³/mol. The normalized spacial score (nSPS) is 14.2. The van der Waals surface area contributed by atoms with Gasteiger partial charge in [0.1, 0.15) is 12.9 Å². The number of nitrogens with zero attached hydrogens (tertiary/aromatic N) is 4. The molecule has 1 aromatic heterocycles. The van der Waals surface area contributed by atoms with Gasteiger partial charge in [-0.05, 0) is 35.4 Å². The molecule has 34 heavy (non-hydrogen) atoms. The second kappa shape index (κ2) is 10.0. The Morgan fingerprint density at radius 3 is 2.26 bits per heavy atom. The molecule has 1 saturated heterocycles. The minimum absolute atomic E-state index is 0.250. The highest BCUT2D eigenvalue weighted by Crippen LogP contribution is 2.31. The summed E-state index contributed by atoms with van der Waals surface area (Å²) >= 11 is 0. The van der Waals surface area contributed by atoms with E-state index in [1.807, 2.05) is 53.3 Å². The Bertz CT molecular complexity index is 1270. The first-order valence-electron chi connectivity index (χ1n) is 11.5. The van der Waals surface area contributed by atoms with Gasteiger partial charge in [-0.2, -0.15) is 5.10 Å². The SMILES string of the molecule is CON=C1CCN(Cc2cnn(-c3ccc(-c4ccccc4)cc3)c2-c2ccccc2F)CC1. The summed E-state index contributed by atoms with van der Waals surface area (Å²) in [6.07, 6.45) is 3.61. The van der Waals surface area contributed by atoms with E-state index in [-0.39, 0.29) is 5.82 Å². The van der Waals surface area contributed by atoms with E-state index in [0.29, 0.717) is 12.1 Å². The van der Waals surface area contributed by atoms with Crippen molar-refractivity contribution in [2.24, 2.45) is 5.16 Å². The molecule has 4 aromatic rings. The van der Waals surface area contributed by atoms with Crippen LogP contribution in [-0.4, -0.2) is 40.6 Å². The largest absolute Gasteiger partial charge is 0.399 e. The Hall–Kier alpha value is -3.77. The van der Waals surface area contributed by atoms with Crippen LogP contribution in [0.4, 0.5) is 4.39 Å². The van der Waals surface area contributed by atoms with Crippen LogP contribution in [0.5, 0.6) is 0 Å². The maximum absolute atomic E-state index is 14.9. The Labute approximate surface area is 199 Å². The number of hydrogen-bond acceptors (Lipinski definition) is 4. The van der Waals surface area contributed by atoms with Crippen LogP contribution in [0.25, 0.3) is 28.1 Å². The number of hydrogen-bond donors (Lipinski definition) is 0. The monoisotopic (exact) mass is 454 g/mol. The topological polar surface area (TPSA) is 42.6 Å².